The van der Waals surface area contributed by atoms with Crippen LogP contribution in [0, 0.1) is 0 Å². The predicted molar refractivity (Wildman–Crippen MR) is 178 cm³/mol. The average Bonchev–Trinajstić information content (AvgIpc) is 3.34. The highest BCUT2D eigenvalue weighted by Crippen LogP contribution is 2.36. The van der Waals surface area contributed by atoms with E-state index in [2.05, 4.69) is 4.99 Å². The molecule has 0 spiro atoms. The number of fused-ring (bicyclic) bond motifs is 1. The number of allylic oxidation sites excluding steroid dienone is 1. The van der Waals surface area contributed by atoms with Crippen LogP contribution in [0.5, 0.6) is 23.0 Å². The van der Waals surface area contributed by atoms with Gasteiger partial charge in [0.2, 0.25) is 0 Å². The van der Waals surface area contributed by atoms with E-state index >= 15 is 0 Å². The van der Waals surface area contributed by atoms with Crippen molar-refractivity contribution >= 4 is 35.0 Å². The lowest BCUT2D eigenvalue weighted by Gasteiger charge is -2.25. The Kier molecular flexibility index (Phi) is 10.5. The molecule has 11 heteroatoms. The fraction of sp³-hybridized carbons (Fsp3) is 0.286. The second-order valence-electron chi connectivity index (χ2n) is 10.2. The summed E-state index contributed by atoms with van der Waals surface area (Å²) in [6.45, 7) is 8.63. The number of benzene rings is 3. The van der Waals surface area contributed by atoms with Crippen LogP contribution < -0.4 is 33.8 Å². The van der Waals surface area contributed by atoms with Gasteiger partial charge < -0.3 is 23.7 Å². The summed E-state index contributed by atoms with van der Waals surface area (Å²) in [6.07, 6.45) is 1.79. The molecule has 0 bridgehead atoms. The van der Waals surface area contributed by atoms with Gasteiger partial charge in [0.15, 0.2) is 27.8 Å². The van der Waals surface area contributed by atoms with Crippen LogP contribution in [0.2, 0.25) is 5.02 Å². The van der Waals surface area contributed by atoms with Crippen molar-refractivity contribution < 1.29 is 28.5 Å². The van der Waals surface area contributed by atoms with E-state index in [1.165, 1.54) is 11.3 Å². The summed E-state index contributed by atoms with van der Waals surface area (Å²) in [6, 6.07) is 17.6. The van der Waals surface area contributed by atoms with E-state index in [9.17, 15) is 9.59 Å². The quantitative estimate of drug-likeness (QED) is 0.176. The number of hydrogen-bond donors (Lipinski definition) is 0. The van der Waals surface area contributed by atoms with Gasteiger partial charge in [-0.3, -0.25) is 9.36 Å². The topological polar surface area (TPSA) is 97.6 Å². The van der Waals surface area contributed by atoms with Crippen LogP contribution in [0.3, 0.4) is 0 Å². The second kappa shape index (κ2) is 14.7. The predicted octanol–water partition coefficient (Wildman–Crippen LogP) is 5.84. The molecule has 0 amide bonds. The Morgan fingerprint density at radius 3 is 2.28 bits per heavy atom. The fourth-order valence-electron chi connectivity index (χ4n) is 5.13. The number of aromatic nitrogens is 1. The first-order valence-corrected chi connectivity index (χ1v) is 16.1. The minimum atomic E-state index is -0.787. The Morgan fingerprint density at radius 1 is 0.913 bits per heavy atom. The van der Waals surface area contributed by atoms with E-state index in [-0.39, 0.29) is 17.7 Å². The maximum atomic E-state index is 14.1. The number of esters is 1. The third kappa shape index (κ3) is 6.98. The first-order chi connectivity index (χ1) is 22.3. The molecule has 0 radical (unpaired) electrons. The molecule has 0 N–H and O–H groups in total. The summed E-state index contributed by atoms with van der Waals surface area (Å²) in [7, 11) is 1.56. The smallest absolute Gasteiger partial charge is 0.338 e. The molecule has 46 heavy (non-hydrogen) atoms. The zero-order chi connectivity index (χ0) is 32.8. The molecule has 1 aliphatic heterocycles. The SMILES string of the molecule is CCOC(=O)C1=C(C)N=c2s/c(=C\c3ccc(OCc4ccc(Cl)cc4)c(OCC)c3)c(=O)n2[C@H]1c1ccc(OC)c(OCC)c1. The average molecular weight is 663 g/mol. The van der Waals surface area contributed by atoms with Crippen LogP contribution in [0.4, 0.5) is 0 Å². The zero-order valence-corrected chi connectivity index (χ0v) is 27.9. The molecule has 3 aromatic carbocycles. The van der Waals surface area contributed by atoms with E-state index in [1.807, 2.05) is 62.4 Å². The maximum absolute atomic E-state index is 14.1. The minimum absolute atomic E-state index is 0.182. The molecule has 1 aliphatic rings. The van der Waals surface area contributed by atoms with Crippen molar-refractivity contribution in [3.05, 3.63) is 113 Å². The largest absolute Gasteiger partial charge is 0.493 e. The van der Waals surface area contributed by atoms with E-state index in [0.29, 0.717) is 68.4 Å². The van der Waals surface area contributed by atoms with Crippen molar-refractivity contribution in [2.75, 3.05) is 26.9 Å². The number of ether oxygens (including phenoxy) is 5. The molecule has 1 atom stereocenters. The van der Waals surface area contributed by atoms with Crippen LogP contribution in [-0.4, -0.2) is 37.5 Å². The fourth-order valence-corrected chi connectivity index (χ4v) is 6.31. The Bertz CT molecular complexity index is 1950. The number of methoxy groups -OCH3 is 1. The highest BCUT2D eigenvalue weighted by molar-refractivity contribution is 7.07. The second-order valence-corrected chi connectivity index (χ2v) is 11.6. The van der Waals surface area contributed by atoms with E-state index in [4.69, 9.17) is 35.3 Å². The number of hydrogen-bond acceptors (Lipinski definition) is 9. The van der Waals surface area contributed by atoms with E-state index in [1.54, 1.807) is 43.7 Å². The van der Waals surface area contributed by atoms with Gasteiger partial charge in [0.05, 0.1) is 48.8 Å². The standard InChI is InChI=1S/C35H35ClN2O7S/c1-6-42-28-17-23(11-15-27(28)45-20-22-9-13-25(36)14-10-22)18-30-33(39)38-32(24-12-16-26(41-5)29(19-24)43-7-2)31(34(40)44-8-3)21(4)37-35(38)46-30/h9-19,32H,6-8,20H2,1-5H3/b30-18-/t32-/m0/s1. The molecule has 9 nitrogen and oxygen atoms in total. The van der Waals surface area contributed by atoms with E-state index < -0.39 is 12.0 Å². The molecule has 0 saturated carbocycles. The van der Waals surface area contributed by atoms with Crippen molar-refractivity contribution in [3.8, 4) is 23.0 Å². The number of carbonyl (C=O) groups is 1. The van der Waals surface area contributed by atoms with Gasteiger partial charge >= 0.3 is 5.97 Å². The van der Waals surface area contributed by atoms with Crippen molar-refractivity contribution in [2.24, 2.45) is 4.99 Å². The normalized spacial score (nSPS) is 14.4. The molecule has 0 unspecified atom stereocenters. The first kappa shape index (κ1) is 32.8. The summed E-state index contributed by atoms with van der Waals surface area (Å²) < 4.78 is 30.6. The molecule has 0 fully saturated rings. The molecule has 0 aliphatic carbocycles. The molecular weight excluding hydrogens is 628 g/mol. The highest BCUT2D eigenvalue weighted by Gasteiger charge is 2.34. The Morgan fingerprint density at radius 2 is 1.61 bits per heavy atom. The zero-order valence-electron chi connectivity index (χ0n) is 26.3. The lowest BCUT2D eigenvalue weighted by molar-refractivity contribution is -0.139. The van der Waals surface area contributed by atoms with Gasteiger partial charge in [-0.2, -0.15) is 0 Å². The van der Waals surface area contributed by atoms with Crippen LogP contribution in [-0.2, 0) is 16.1 Å². The molecule has 2 heterocycles. The Labute approximate surface area is 275 Å². The molecule has 1 aromatic heterocycles. The van der Waals surface area contributed by atoms with Gasteiger partial charge in [0.1, 0.15) is 6.61 Å². The van der Waals surface area contributed by atoms with Crippen molar-refractivity contribution in [1.82, 2.24) is 4.57 Å². The number of nitrogens with zero attached hydrogens (tertiary/aromatic N) is 2. The molecule has 0 saturated heterocycles. The number of thiazole rings is 1. The third-order valence-corrected chi connectivity index (χ3v) is 8.43. The summed E-state index contributed by atoms with van der Waals surface area (Å²) >= 11 is 7.25. The maximum Gasteiger partial charge on any atom is 0.338 e. The van der Waals surface area contributed by atoms with E-state index in [0.717, 1.165) is 11.1 Å². The Hall–Kier alpha value is -4.54. The summed E-state index contributed by atoms with van der Waals surface area (Å²) in [5, 5.41) is 0.659. The molecule has 4 aromatic rings. The van der Waals surface area contributed by atoms with Crippen molar-refractivity contribution in [3.63, 3.8) is 0 Å². The summed E-state index contributed by atoms with van der Waals surface area (Å²) in [4.78, 5) is 32.5. The molecule has 240 valence electrons. The third-order valence-electron chi connectivity index (χ3n) is 7.19. The Balaban J connectivity index is 1.58. The van der Waals surface area contributed by atoms with Gasteiger partial charge in [-0.05, 0) is 86.9 Å². The highest BCUT2D eigenvalue weighted by atomic mass is 35.5. The van der Waals surface area contributed by atoms with Gasteiger partial charge in [-0.1, -0.05) is 47.2 Å². The number of halogens is 1. The first-order valence-electron chi connectivity index (χ1n) is 14.9. The van der Waals surface area contributed by atoms with Crippen molar-refractivity contribution in [1.29, 1.82) is 0 Å². The minimum Gasteiger partial charge on any atom is -0.493 e. The lowest BCUT2D eigenvalue weighted by Crippen LogP contribution is -2.40. The van der Waals surface area contributed by atoms with Crippen molar-refractivity contribution in [2.45, 2.75) is 40.3 Å². The van der Waals surface area contributed by atoms with Gasteiger partial charge in [0.25, 0.3) is 5.56 Å². The van der Waals surface area contributed by atoms with Crippen LogP contribution in [0.1, 0.15) is 50.4 Å². The van der Waals surface area contributed by atoms with Gasteiger partial charge in [-0.25, -0.2) is 9.79 Å². The molecule has 5 rings (SSSR count). The lowest BCUT2D eigenvalue weighted by atomic mass is 9.95. The van der Waals surface area contributed by atoms with Gasteiger partial charge in [-0.15, -0.1) is 0 Å². The van der Waals surface area contributed by atoms with Crippen LogP contribution in [0.15, 0.2) is 81.7 Å². The number of carbonyl (C=O) groups excluding carboxylic acids is 1. The van der Waals surface area contributed by atoms with Crippen LogP contribution >= 0.6 is 22.9 Å². The summed E-state index contributed by atoms with van der Waals surface area (Å²) in [5.74, 6) is 1.64. The summed E-state index contributed by atoms with van der Waals surface area (Å²) in [5.41, 5.74) is 2.84. The van der Waals surface area contributed by atoms with Gasteiger partial charge in [0, 0.05) is 5.02 Å². The number of rotatable bonds is 12. The monoisotopic (exact) mass is 662 g/mol. The molecular formula is C35H35ClN2O7S. The van der Waals surface area contributed by atoms with Crippen LogP contribution in [0.25, 0.3) is 6.08 Å².